The fraction of sp³-hybridized carbons (Fsp3) is 0.261. The van der Waals surface area contributed by atoms with Crippen LogP contribution in [0.15, 0.2) is 60.7 Å². The Bertz CT molecular complexity index is 1040. The van der Waals surface area contributed by atoms with Gasteiger partial charge in [0.05, 0.1) is 18.9 Å². The van der Waals surface area contributed by atoms with Crippen LogP contribution in [0.4, 0.5) is 15.9 Å². The maximum atomic E-state index is 13.7. The van der Waals surface area contributed by atoms with E-state index in [4.69, 9.17) is 9.47 Å². The van der Waals surface area contributed by atoms with Gasteiger partial charge in [-0.1, -0.05) is 24.3 Å². The summed E-state index contributed by atoms with van der Waals surface area (Å²) < 4.78 is 24.6. The minimum absolute atomic E-state index is 0.0366. The van der Waals surface area contributed by atoms with Crippen LogP contribution >= 0.6 is 0 Å². The van der Waals surface area contributed by atoms with E-state index in [-0.39, 0.29) is 11.7 Å². The molecular formula is C23H23FN4O3. The summed E-state index contributed by atoms with van der Waals surface area (Å²) in [7, 11) is 0. The number of morpholine rings is 1. The summed E-state index contributed by atoms with van der Waals surface area (Å²) in [6.45, 7) is 4.53. The Balaban J connectivity index is 1.42. The third kappa shape index (κ3) is 5.16. The molecule has 7 nitrogen and oxygen atoms in total. The molecule has 0 spiro atoms. The Kier molecular flexibility index (Phi) is 6.37. The summed E-state index contributed by atoms with van der Waals surface area (Å²) >= 11 is 0. The molecule has 1 atom stereocenters. The number of hydrogen-bond acceptors (Lipinski definition) is 6. The lowest BCUT2D eigenvalue weighted by Gasteiger charge is -2.27. The van der Waals surface area contributed by atoms with Crippen LogP contribution in [0.1, 0.15) is 6.92 Å². The molecule has 1 saturated heterocycles. The monoisotopic (exact) mass is 422 g/mol. The molecule has 3 aromatic rings. The van der Waals surface area contributed by atoms with Crippen molar-refractivity contribution in [3.8, 4) is 17.0 Å². The number of para-hydroxylation sites is 1. The SMILES string of the molecule is C[C@@H](Oc1ccccc1F)C(=O)Nc1cccc(-c2ccc(N3CCOCC3)nn2)c1. The fourth-order valence-corrected chi connectivity index (χ4v) is 3.22. The summed E-state index contributed by atoms with van der Waals surface area (Å²) in [6, 6.07) is 17.1. The number of benzene rings is 2. The van der Waals surface area contributed by atoms with Crippen molar-refractivity contribution in [2.75, 3.05) is 36.5 Å². The first-order valence-corrected chi connectivity index (χ1v) is 10.1. The molecule has 0 radical (unpaired) electrons. The minimum atomic E-state index is -0.867. The van der Waals surface area contributed by atoms with Crippen molar-refractivity contribution in [3.63, 3.8) is 0 Å². The number of carbonyl (C=O) groups is 1. The third-order valence-electron chi connectivity index (χ3n) is 4.92. The molecule has 2 heterocycles. The van der Waals surface area contributed by atoms with Gasteiger partial charge in [-0.2, -0.15) is 0 Å². The smallest absolute Gasteiger partial charge is 0.265 e. The molecule has 0 saturated carbocycles. The van der Waals surface area contributed by atoms with Crippen molar-refractivity contribution in [3.05, 3.63) is 66.5 Å². The number of nitrogens with zero attached hydrogens (tertiary/aromatic N) is 3. The van der Waals surface area contributed by atoms with Gasteiger partial charge in [-0.25, -0.2) is 4.39 Å². The molecule has 1 fully saturated rings. The number of nitrogens with one attached hydrogen (secondary N) is 1. The third-order valence-corrected chi connectivity index (χ3v) is 4.92. The normalized spacial score (nSPS) is 14.7. The van der Waals surface area contributed by atoms with Crippen molar-refractivity contribution >= 4 is 17.4 Å². The van der Waals surface area contributed by atoms with Crippen LogP contribution in [0.3, 0.4) is 0 Å². The Morgan fingerprint density at radius 1 is 1.10 bits per heavy atom. The van der Waals surface area contributed by atoms with Crippen LogP contribution in [-0.4, -0.2) is 48.5 Å². The Hall–Kier alpha value is -3.52. The summed E-state index contributed by atoms with van der Waals surface area (Å²) in [5, 5.41) is 11.5. The van der Waals surface area contributed by atoms with Gasteiger partial charge in [0.25, 0.3) is 5.91 Å². The molecule has 1 N–H and O–H groups in total. The lowest BCUT2D eigenvalue weighted by Crippen LogP contribution is -2.36. The van der Waals surface area contributed by atoms with E-state index in [1.54, 1.807) is 25.1 Å². The number of aromatic nitrogens is 2. The van der Waals surface area contributed by atoms with E-state index in [1.807, 2.05) is 30.3 Å². The van der Waals surface area contributed by atoms with Crippen LogP contribution in [0, 0.1) is 5.82 Å². The number of anilines is 2. The second-order valence-corrected chi connectivity index (χ2v) is 7.14. The Morgan fingerprint density at radius 3 is 2.65 bits per heavy atom. The average Bonchev–Trinajstić information content (AvgIpc) is 2.81. The van der Waals surface area contributed by atoms with Crippen LogP contribution in [0.2, 0.25) is 0 Å². The molecule has 1 amide bonds. The van der Waals surface area contributed by atoms with E-state index < -0.39 is 11.9 Å². The highest BCUT2D eigenvalue weighted by atomic mass is 19.1. The molecule has 31 heavy (non-hydrogen) atoms. The van der Waals surface area contributed by atoms with E-state index in [0.29, 0.717) is 24.6 Å². The second kappa shape index (κ2) is 9.53. The van der Waals surface area contributed by atoms with Crippen LogP contribution in [-0.2, 0) is 9.53 Å². The number of ether oxygens (including phenoxy) is 2. The molecule has 160 valence electrons. The quantitative estimate of drug-likeness (QED) is 0.655. The molecule has 0 aliphatic carbocycles. The summed E-state index contributed by atoms with van der Waals surface area (Å²) in [4.78, 5) is 14.6. The maximum Gasteiger partial charge on any atom is 0.265 e. The fourth-order valence-electron chi connectivity index (χ4n) is 3.22. The van der Waals surface area contributed by atoms with E-state index in [2.05, 4.69) is 20.4 Å². The molecule has 2 aromatic carbocycles. The van der Waals surface area contributed by atoms with Crippen LogP contribution < -0.4 is 15.0 Å². The van der Waals surface area contributed by atoms with E-state index in [1.165, 1.54) is 12.1 Å². The van der Waals surface area contributed by atoms with Gasteiger partial charge >= 0.3 is 0 Å². The van der Waals surface area contributed by atoms with Crippen LogP contribution in [0.25, 0.3) is 11.3 Å². The van der Waals surface area contributed by atoms with Gasteiger partial charge in [-0.3, -0.25) is 4.79 Å². The highest BCUT2D eigenvalue weighted by Crippen LogP contribution is 2.23. The number of hydrogen-bond donors (Lipinski definition) is 1. The minimum Gasteiger partial charge on any atom is -0.478 e. The first-order valence-electron chi connectivity index (χ1n) is 10.1. The largest absolute Gasteiger partial charge is 0.478 e. The van der Waals surface area contributed by atoms with E-state index >= 15 is 0 Å². The summed E-state index contributed by atoms with van der Waals surface area (Å²) in [6.07, 6.45) is -0.867. The molecule has 1 aliphatic heterocycles. The highest BCUT2D eigenvalue weighted by molar-refractivity contribution is 5.94. The van der Waals surface area contributed by atoms with Gasteiger partial charge < -0.3 is 19.7 Å². The van der Waals surface area contributed by atoms with Gasteiger partial charge in [0.2, 0.25) is 0 Å². The highest BCUT2D eigenvalue weighted by Gasteiger charge is 2.17. The molecule has 8 heteroatoms. The number of rotatable bonds is 6. The summed E-state index contributed by atoms with van der Waals surface area (Å²) in [5.41, 5.74) is 2.11. The number of amides is 1. The van der Waals surface area contributed by atoms with Gasteiger partial charge in [-0.05, 0) is 43.3 Å². The molecule has 1 aromatic heterocycles. The molecule has 0 bridgehead atoms. The average molecular weight is 422 g/mol. The first-order chi connectivity index (χ1) is 15.1. The van der Waals surface area contributed by atoms with E-state index in [0.717, 1.165) is 24.5 Å². The molecule has 4 rings (SSSR count). The van der Waals surface area contributed by atoms with Crippen molar-refractivity contribution in [2.24, 2.45) is 0 Å². The molecule has 0 unspecified atom stereocenters. The second-order valence-electron chi connectivity index (χ2n) is 7.14. The predicted molar refractivity (Wildman–Crippen MR) is 116 cm³/mol. The lowest BCUT2D eigenvalue weighted by molar-refractivity contribution is -0.122. The van der Waals surface area contributed by atoms with Gasteiger partial charge in [0.1, 0.15) is 0 Å². The zero-order chi connectivity index (χ0) is 21.6. The summed E-state index contributed by atoms with van der Waals surface area (Å²) in [5.74, 6) is -0.0393. The van der Waals surface area contributed by atoms with Crippen molar-refractivity contribution in [1.29, 1.82) is 0 Å². The van der Waals surface area contributed by atoms with Gasteiger partial charge in [0.15, 0.2) is 23.5 Å². The van der Waals surface area contributed by atoms with Crippen molar-refractivity contribution in [1.82, 2.24) is 10.2 Å². The molecule has 1 aliphatic rings. The lowest BCUT2D eigenvalue weighted by atomic mass is 10.1. The van der Waals surface area contributed by atoms with Gasteiger partial charge in [0, 0.05) is 24.3 Å². The zero-order valence-electron chi connectivity index (χ0n) is 17.1. The van der Waals surface area contributed by atoms with Crippen molar-refractivity contribution in [2.45, 2.75) is 13.0 Å². The van der Waals surface area contributed by atoms with E-state index in [9.17, 15) is 9.18 Å². The maximum absolute atomic E-state index is 13.7. The Morgan fingerprint density at radius 2 is 1.90 bits per heavy atom. The predicted octanol–water partition coefficient (Wildman–Crippen LogP) is 3.53. The molecular weight excluding hydrogens is 399 g/mol. The first kappa shape index (κ1) is 20.7. The number of carbonyl (C=O) groups excluding carboxylic acids is 1. The zero-order valence-corrected chi connectivity index (χ0v) is 17.1. The number of halogens is 1. The topological polar surface area (TPSA) is 76.6 Å². The standard InChI is InChI=1S/C23H23FN4O3/c1-16(31-21-8-3-2-7-19(21)24)23(29)25-18-6-4-5-17(15-18)20-9-10-22(27-26-20)28-11-13-30-14-12-28/h2-10,15-16H,11-14H2,1H3,(H,25,29)/t16-/m1/s1. The Labute approximate surface area is 179 Å². The van der Waals surface area contributed by atoms with Crippen LogP contribution in [0.5, 0.6) is 5.75 Å². The van der Waals surface area contributed by atoms with Gasteiger partial charge in [-0.15, -0.1) is 10.2 Å². The van der Waals surface area contributed by atoms with Crippen molar-refractivity contribution < 1.29 is 18.7 Å².